The molecular formula is C20H26N4O3. The summed E-state index contributed by atoms with van der Waals surface area (Å²) in [4.78, 5) is 27.9. The molecule has 144 valence electrons. The van der Waals surface area contributed by atoms with Gasteiger partial charge in [-0.05, 0) is 63.1 Å². The van der Waals surface area contributed by atoms with E-state index in [1.165, 1.54) is 0 Å². The molecule has 2 aromatic rings. The van der Waals surface area contributed by atoms with Crippen LogP contribution in [0.2, 0.25) is 0 Å². The summed E-state index contributed by atoms with van der Waals surface area (Å²) in [6.07, 6.45) is 2.89. The molecule has 1 heterocycles. The Morgan fingerprint density at radius 2 is 1.85 bits per heavy atom. The fraction of sp³-hybridized carbons (Fsp3) is 0.350. The maximum Gasteiger partial charge on any atom is 0.407 e. The molecule has 1 unspecified atom stereocenters. The van der Waals surface area contributed by atoms with Crippen molar-refractivity contribution in [1.82, 2.24) is 15.6 Å². The summed E-state index contributed by atoms with van der Waals surface area (Å²) < 4.78 is 5.21. The lowest BCUT2D eigenvalue weighted by molar-refractivity contribution is 0.0523. The number of carbonyl (C=O) groups is 2. The Morgan fingerprint density at radius 3 is 2.52 bits per heavy atom. The smallest absolute Gasteiger partial charge is 0.407 e. The first-order valence-electron chi connectivity index (χ1n) is 8.76. The molecule has 1 aromatic carbocycles. The normalized spacial score (nSPS) is 12.0. The van der Waals surface area contributed by atoms with E-state index < -0.39 is 11.7 Å². The van der Waals surface area contributed by atoms with E-state index >= 15 is 0 Å². The third-order valence-electron chi connectivity index (χ3n) is 3.57. The van der Waals surface area contributed by atoms with Crippen LogP contribution in [0.4, 0.5) is 15.3 Å². The molecule has 0 aliphatic carbocycles. The lowest BCUT2D eigenvalue weighted by Gasteiger charge is -2.19. The number of benzene rings is 1. The summed E-state index contributed by atoms with van der Waals surface area (Å²) >= 11 is 0. The molecule has 0 radical (unpaired) electrons. The first-order chi connectivity index (χ1) is 12.7. The number of alkyl carbamates (subject to hydrolysis) is 1. The molecule has 7 nitrogen and oxygen atoms in total. The van der Waals surface area contributed by atoms with E-state index in [2.05, 4.69) is 20.9 Å². The number of hydrogen-bond acceptors (Lipinski definition) is 4. The standard InChI is InChI=1S/C20H26N4O3/c1-14(16-8-10-21-11-9-16)23-18(25)24-17-7-5-6-15(12-17)13-22-19(26)27-20(2,3)4/h5-12,14H,13H2,1-4H3,(H,22,26)(H2,23,24,25). The van der Waals surface area contributed by atoms with Crippen LogP contribution < -0.4 is 16.0 Å². The molecule has 27 heavy (non-hydrogen) atoms. The van der Waals surface area contributed by atoms with E-state index in [1.54, 1.807) is 24.5 Å². The quantitative estimate of drug-likeness (QED) is 0.742. The largest absolute Gasteiger partial charge is 0.444 e. The van der Waals surface area contributed by atoms with Crippen LogP contribution in [0, 0.1) is 0 Å². The summed E-state index contributed by atoms with van der Waals surface area (Å²) in [6.45, 7) is 7.63. The van der Waals surface area contributed by atoms with Crippen molar-refractivity contribution in [1.29, 1.82) is 0 Å². The van der Waals surface area contributed by atoms with Gasteiger partial charge in [-0.1, -0.05) is 12.1 Å². The molecular weight excluding hydrogens is 344 g/mol. The van der Waals surface area contributed by atoms with Crippen LogP contribution in [0.15, 0.2) is 48.8 Å². The van der Waals surface area contributed by atoms with E-state index in [-0.39, 0.29) is 12.1 Å². The zero-order valence-electron chi connectivity index (χ0n) is 16.1. The number of hydrogen-bond donors (Lipinski definition) is 3. The molecule has 0 aliphatic rings. The maximum absolute atomic E-state index is 12.2. The number of ether oxygens (including phenoxy) is 1. The lowest BCUT2D eigenvalue weighted by atomic mass is 10.1. The SMILES string of the molecule is CC(NC(=O)Nc1cccc(CNC(=O)OC(C)(C)C)c1)c1ccncc1. The molecule has 0 spiro atoms. The van der Waals surface area contributed by atoms with Gasteiger partial charge in [0.15, 0.2) is 0 Å². The third-order valence-corrected chi connectivity index (χ3v) is 3.57. The zero-order chi connectivity index (χ0) is 19.9. The molecule has 0 aliphatic heterocycles. The van der Waals surface area contributed by atoms with Crippen molar-refractivity contribution in [3.8, 4) is 0 Å². The minimum atomic E-state index is -0.545. The summed E-state index contributed by atoms with van der Waals surface area (Å²) in [6, 6.07) is 10.5. The molecule has 7 heteroatoms. The Morgan fingerprint density at radius 1 is 1.15 bits per heavy atom. The van der Waals surface area contributed by atoms with Gasteiger partial charge in [0.2, 0.25) is 0 Å². The van der Waals surface area contributed by atoms with Gasteiger partial charge < -0.3 is 20.7 Å². The fourth-order valence-corrected chi connectivity index (χ4v) is 2.35. The molecule has 0 saturated heterocycles. The number of carbonyl (C=O) groups excluding carboxylic acids is 2. The van der Waals surface area contributed by atoms with Gasteiger partial charge in [0.05, 0.1) is 6.04 Å². The Labute approximate surface area is 159 Å². The van der Waals surface area contributed by atoms with Crippen molar-refractivity contribution in [3.63, 3.8) is 0 Å². The number of amides is 3. The van der Waals surface area contributed by atoms with Gasteiger partial charge in [-0.15, -0.1) is 0 Å². The topological polar surface area (TPSA) is 92.4 Å². The summed E-state index contributed by atoms with van der Waals surface area (Å²) in [7, 11) is 0. The van der Waals surface area contributed by atoms with Gasteiger partial charge in [0.25, 0.3) is 0 Å². The number of aromatic nitrogens is 1. The minimum absolute atomic E-state index is 0.148. The van der Waals surface area contributed by atoms with E-state index in [0.29, 0.717) is 12.2 Å². The van der Waals surface area contributed by atoms with E-state index in [0.717, 1.165) is 11.1 Å². The highest BCUT2D eigenvalue weighted by Gasteiger charge is 2.15. The number of urea groups is 1. The summed E-state index contributed by atoms with van der Waals surface area (Å²) in [5.41, 5.74) is 1.91. The van der Waals surface area contributed by atoms with Crippen LogP contribution in [0.3, 0.4) is 0 Å². The Hall–Kier alpha value is -3.09. The van der Waals surface area contributed by atoms with Gasteiger partial charge >= 0.3 is 12.1 Å². The second kappa shape index (κ2) is 9.02. The minimum Gasteiger partial charge on any atom is -0.444 e. The second-order valence-electron chi connectivity index (χ2n) is 7.16. The first-order valence-corrected chi connectivity index (χ1v) is 8.76. The summed E-state index contributed by atoms with van der Waals surface area (Å²) in [5, 5.41) is 8.37. The van der Waals surface area contributed by atoms with Crippen LogP contribution in [0.25, 0.3) is 0 Å². The number of nitrogens with one attached hydrogen (secondary N) is 3. The maximum atomic E-state index is 12.2. The van der Waals surface area contributed by atoms with Crippen molar-refractivity contribution >= 4 is 17.8 Å². The van der Waals surface area contributed by atoms with E-state index in [9.17, 15) is 9.59 Å². The number of rotatable bonds is 5. The van der Waals surface area contributed by atoms with Gasteiger partial charge in [-0.3, -0.25) is 4.98 Å². The van der Waals surface area contributed by atoms with Crippen molar-refractivity contribution in [2.75, 3.05) is 5.32 Å². The van der Waals surface area contributed by atoms with Gasteiger partial charge in [-0.25, -0.2) is 9.59 Å². The average Bonchev–Trinajstić information content (AvgIpc) is 2.59. The number of anilines is 1. The van der Waals surface area contributed by atoms with Crippen LogP contribution in [-0.2, 0) is 11.3 Å². The highest BCUT2D eigenvalue weighted by atomic mass is 16.6. The van der Waals surface area contributed by atoms with Crippen molar-refractivity contribution in [2.45, 2.75) is 45.9 Å². The zero-order valence-corrected chi connectivity index (χ0v) is 16.1. The Kier molecular flexibility index (Phi) is 6.76. The van der Waals surface area contributed by atoms with E-state index in [4.69, 9.17) is 4.74 Å². The van der Waals surface area contributed by atoms with Crippen LogP contribution in [-0.4, -0.2) is 22.7 Å². The number of nitrogens with zero attached hydrogens (tertiary/aromatic N) is 1. The van der Waals surface area contributed by atoms with Gasteiger partial charge in [0.1, 0.15) is 5.60 Å². The molecule has 1 aromatic heterocycles. The van der Waals surface area contributed by atoms with Crippen LogP contribution in [0.1, 0.15) is 44.9 Å². The monoisotopic (exact) mass is 370 g/mol. The second-order valence-corrected chi connectivity index (χ2v) is 7.16. The van der Waals surface area contributed by atoms with Gasteiger partial charge in [-0.2, -0.15) is 0 Å². The highest BCUT2D eigenvalue weighted by Crippen LogP contribution is 2.13. The predicted octanol–water partition coefficient (Wildman–Crippen LogP) is 3.99. The van der Waals surface area contributed by atoms with Crippen LogP contribution >= 0.6 is 0 Å². The fourth-order valence-electron chi connectivity index (χ4n) is 2.35. The van der Waals surface area contributed by atoms with E-state index in [1.807, 2.05) is 52.0 Å². The molecule has 0 fully saturated rings. The Bertz CT molecular complexity index is 772. The summed E-state index contributed by atoms with van der Waals surface area (Å²) in [5.74, 6) is 0. The van der Waals surface area contributed by atoms with Crippen LogP contribution in [0.5, 0.6) is 0 Å². The molecule has 3 amide bonds. The third kappa shape index (κ3) is 7.35. The first kappa shape index (κ1) is 20.2. The molecule has 2 rings (SSSR count). The highest BCUT2D eigenvalue weighted by molar-refractivity contribution is 5.89. The average molecular weight is 370 g/mol. The molecule has 0 bridgehead atoms. The lowest BCUT2D eigenvalue weighted by Crippen LogP contribution is -2.32. The molecule has 1 atom stereocenters. The molecule has 0 saturated carbocycles. The predicted molar refractivity (Wildman–Crippen MR) is 104 cm³/mol. The number of pyridine rings is 1. The van der Waals surface area contributed by atoms with Gasteiger partial charge in [0, 0.05) is 24.6 Å². The van der Waals surface area contributed by atoms with Crippen molar-refractivity contribution in [2.24, 2.45) is 0 Å². The van der Waals surface area contributed by atoms with Crippen molar-refractivity contribution in [3.05, 3.63) is 59.9 Å². The molecule has 3 N–H and O–H groups in total. The Balaban J connectivity index is 1.87. The van der Waals surface area contributed by atoms with Crippen molar-refractivity contribution < 1.29 is 14.3 Å².